The third-order valence-corrected chi connectivity index (χ3v) is 4.28. The Morgan fingerprint density at radius 3 is 2.48 bits per heavy atom. The van der Waals surface area contributed by atoms with Crippen LogP contribution in [0.1, 0.15) is 31.9 Å². The van der Waals surface area contributed by atoms with Gasteiger partial charge in [0.05, 0.1) is 16.3 Å². The lowest BCUT2D eigenvalue weighted by molar-refractivity contribution is -0.112. The van der Waals surface area contributed by atoms with E-state index in [-0.39, 0.29) is 10.6 Å². The summed E-state index contributed by atoms with van der Waals surface area (Å²) in [7, 11) is 0. The Kier molecular flexibility index (Phi) is 5.02. The van der Waals surface area contributed by atoms with Gasteiger partial charge in [-0.05, 0) is 56.7 Å². The molecule has 0 unspecified atom stereocenters. The molecule has 4 nitrogen and oxygen atoms in total. The number of rotatable bonds is 1. The maximum Gasteiger partial charge on any atom is 0.422 e. The van der Waals surface area contributed by atoms with Crippen LogP contribution in [-0.4, -0.2) is 17.6 Å². The Morgan fingerprint density at radius 2 is 1.85 bits per heavy atom. The van der Waals surface area contributed by atoms with Gasteiger partial charge in [0.1, 0.15) is 11.4 Å². The van der Waals surface area contributed by atoms with Gasteiger partial charge in [-0.3, -0.25) is 4.79 Å². The quantitative estimate of drug-likeness (QED) is 0.548. The normalized spacial score (nSPS) is 15.3. The fourth-order valence-electron chi connectivity index (χ4n) is 2.66. The molecule has 2 amide bonds. The highest BCUT2D eigenvalue weighted by Gasteiger charge is 2.39. The van der Waals surface area contributed by atoms with Crippen LogP contribution in [0.2, 0.25) is 10.0 Å². The Bertz CT molecular complexity index is 980. The molecule has 7 heteroatoms. The first-order valence-electron chi connectivity index (χ1n) is 8.11. The highest BCUT2D eigenvalue weighted by Crippen LogP contribution is 2.40. The van der Waals surface area contributed by atoms with Crippen molar-refractivity contribution in [3.63, 3.8) is 0 Å². The molecule has 0 radical (unpaired) electrons. The molecule has 3 rings (SSSR count). The predicted molar refractivity (Wildman–Crippen MR) is 104 cm³/mol. The molecule has 2 aromatic carbocycles. The van der Waals surface area contributed by atoms with Crippen molar-refractivity contribution in [3.8, 4) is 0 Å². The van der Waals surface area contributed by atoms with E-state index in [9.17, 15) is 14.0 Å². The van der Waals surface area contributed by atoms with Gasteiger partial charge in [-0.1, -0.05) is 35.3 Å². The molecular formula is C20H16Cl2FNO3. The van der Waals surface area contributed by atoms with Crippen molar-refractivity contribution in [2.75, 3.05) is 4.90 Å². The van der Waals surface area contributed by atoms with E-state index in [1.54, 1.807) is 39.0 Å². The minimum Gasteiger partial charge on any atom is -0.443 e. The average molecular weight is 408 g/mol. The number of ether oxygens (including phenoxy) is 1. The van der Waals surface area contributed by atoms with Gasteiger partial charge in [0, 0.05) is 10.6 Å². The Balaban J connectivity index is 2.09. The van der Waals surface area contributed by atoms with E-state index in [1.807, 2.05) is 0 Å². The van der Waals surface area contributed by atoms with Gasteiger partial charge < -0.3 is 4.74 Å². The van der Waals surface area contributed by atoms with E-state index in [1.165, 1.54) is 24.3 Å². The first-order valence-corrected chi connectivity index (χ1v) is 8.86. The largest absolute Gasteiger partial charge is 0.443 e. The van der Waals surface area contributed by atoms with Gasteiger partial charge in [0.25, 0.3) is 5.91 Å². The molecule has 140 valence electrons. The number of hydrogen-bond acceptors (Lipinski definition) is 3. The number of fused-ring (bicyclic) bond motifs is 1. The summed E-state index contributed by atoms with van der Waals surface area (Å²) in [6.45, 7) is 5.13. The molecule has 2 aromatic rings. The SMILES string of the molecule is CC(C)(C)OC(=O)N1C(=O)/C(=C\c2ccc(F)c(Cl)c2)c2ccc(Cl)cc21. The monoisotopic (exact) mass is 407 g/mol. The summed E-state index contributed by atoms with van der Waals surface area (Å²) in [5.74, 6) is -1.11. The topological polar surface area (TPSA) is 46.6 Å². The van der Waals surface area contributed by atoms with Crippen LogP contribution >= 0.6 is 23.2 Å². The van der Waals surface area contributed by atoms with Crippen molar-refractivity contribution in [2.24, 2.45) is 0 Å². The van der Waals surface area contributed by atoms with Crippen molar-refractivity contribution < 1.29 is 18.7 Å². The number of hydrogen-bond donors (Lipinski definition) is 0. The van der Waals surface area contributed by atoms with Crippen molar-refractivity contribution in [1.29, 1.82) is 0 Å². The van der Waals surface area contributed by atoms with Crippen LogP contribution in [0.25, 0.3) is 11.6 Å². The maximum atomic E-state index is 13.4. The van der Waals surface area contributed by atoms with Crippen LogP contribution in [0.3, 0.4) is 0 Å². The summed E-state index contributed by atoms with van der Waals surface area (Å²) >= 11 is 11.9. The van der Waals surface area contributed by atoms with Gasteiger partial charge in [0.2, 0.25) is 0 Å². The van der Waals surface area contributed by atoms with Crippen LogP contribution < -0.4 is 4.90 Å². The summed E-state index contributed by atoms with van der Waals surface area (Å²) < 4.78 is 18.7. The van der Waals surface area contributed by atoms with Crippen LogP contribution in [0.4, 0.5) is 14.9 Å². The number of amides is 2. The van der Waals surface area contributed by atoms with E-state index in [0.29, 0.717) is 21.8 Å². The smallest absolute Gasteiger partial charge is 0.422 e. The molecular weight excluding hydrogens is 392 g/mol. The Labute approximate surface area is 166 Å². The zero-order valence-corrected chi connectivity index (χ0v) is 16.4. The molecule has 27 heavy (non-hydrogen) atoms. The second kappa shape index (κ2) is 6.98. The van der Waals surface area contributed by atoms with Crippen LogP contribution in [0, 0.1) is 5.82 Å². The fourth-order valence-corrected chi connectivity index (χ4v) is 3.02. The standard InChI is InChI=1S/C20H16Cl2FNO3/c1-20(2,3)27-19(26)24-17-10-12(21)5-6-13(17)14(18(24)25)8-11-4-7-16(23)15(22)9-11/h4-10H,1-3H3/b14-8-. The molecule has 0 atom stereocenters. The van der Waals surface area contributed by atoms with Crippen molar-refractivity contribution in [1.82, 2.24) is 0 Å². The fraction of sp³-hybridized carbons (Fsp3) is 0.200. The molecule has 1 aliphatic rings. The number of carbonyl (C=O) groups excluding carboxylic acids is 2. The maximum absolute atomic E-state index is 13.4. The average Bonchev–Trinajstić information content (AvgIpc) is 2.81. The van der Waals surface area contributed by atoms with Gasteiger partial charge in [-0.2, -0.15) is 0 Å². The van der Waals surface area contributed by atoms with E-state index < -0.39 is 23.4 Å². The van der Waals surface area contributed by atoms with Gasteiger partial charge in [0.15, 0.2) is 0 Å². The van der Waals surface area contributed by atoms with Gasteiger partial charge in [-0.15, -0.1) is 0 Å². The number of imide groups is 1. The molecule has 0 spiro atoms. The molecule has 0 bridgehead atoms. The third-order valence-electron chi connectivity index (χ3n) is 3.76. The summed E-state index contributed by atoms with van der Waals surface area (Å²) in [6.07, 6.45) is 0.752. The highest BCUT2D eigenvalue weighted by molar-refractivity contribution is 6.42. The molecule has 0 aliphatic carbocycles. The minimum absolute atomic E-state index is 0.0601. The molecule has 0 fully saturated rings. The van der Waals surface area contributed by atoms with Crippen LogP contribution in [0.15, 0.2) is 36.4 Å². The summed E-state index contributed by atoms with van der Waals surface area (Å²) in [5, 5.41) is 0.316. The Morgan fingerprint density at radius 1 is 1.15 bits per heavy atom. The number of carbonyl (C=O) groups is 2. The van der Waals surface area contributed by atoms with Crippen molar-refractivity contribution in [2.45, 2.75) is 26.4 Å². The summed E-state index contributed by atoms with van der Waals surface area (Å²) in [5.41, 5.74) is 0.872. The third kappa shape index (κ3) is 3.99. The second-order valence-electron chi connectivity index (χ2n) is 7.01. The lowest BCUT2D eigenvalue weighted by atomic mass is 10.0. The van der Waals surface area contributed by atoms with Crippen molar-refractivity contribution in [3.05, 3.63) is 63.4 Å². The van der Waals surface area contributed by atoms with Gasteiger partial charge >= 0.3 is 6.09 Å². The van der Waals surface area contributed by atoms with E-state index in [4.69, 9.17) is 27.9 Å². The van der Waals surface area contributed by atoms with Gasteiger partial charge in [-0.25, -0.2) is 14.1 Å². The van der Waals surface area contributed by atoms with Crippen LogP contribution in [0.5, 0.6) is 0 Å². The molecule has 0 N–H and O–H groups in total. The first kappa shape index (κ1) is 19.4. The number of nitrogens with zero attached hydrogens (tertiary/aromatic N) is 1. The molecule has 1 aliphatic heterocycles. The number of anilines is 1. The molecule has 0 saturated heterocycles. The number of halogens is 3. The van der Waals surface area contributed by atoms with E-state index >= 15 is 0 Å². The second-order valence-corrected chi connectivity index (χ2v) is 7.86. The molecule has 1 heterocycles. The summed E-state index contributed by atoms with van der Waals surface area (Å²) in [4.78, 5) is 26.5. The van der Waals surface area contributed by atoms with E-state index in [0.717, 1.165) is 4.90 Å². The first-order chi connectivity index (χ1) is 12.6. The lowest BCUT2D eigenvalue weighted by Gasteiger charge is -2.23. The molecule has 0 aromatic heterocycles. The van der Waals surface area contributed by atoms with Crippen LogP contribution in [-0.2, 0) is 9.53 Å². The van der Waals surface area contributed by atoms with E-state index in [2.05, 4.69) is 0 Å². The Hall–Kier alpha value is -2.37. The van der Waals surface area contributed by atoms with Crippen molar-refractivity contribution >= 4 is 52.5 Å². The zero-order valence-electron chi connectivity index (χ0n) is 14.8. The summed E-state index contributed by atoms with van der Waals surface area (Å²) in [6, 6.07) is 8.91. The lowest BCUT2D eigenvalue weighted by Crippen LogP contribution is -2.38. The zero-order chi connectivity index (χ0) is 19.9. The number of benzene rings is 2. The predicted octanol–water partition coefficient (Wildman–Crippen LogP) is 5.95. The highest BCUT2D eigenvalue weighted by atomic mass is 35.5. The molecule has 0 saturated carbocycles. The minimum atomic E-state index is -0.795.